The smallest absolute Gasteiger partial charge is 0.326 e. The predicted octanol–water partition coefficient (Wildman–Crippen LogP) is 0.688. The van der Waals surface area contributed by atoms with Crippen molar-refractivity contribution in [3.63, 3.8) is 0 Å². The summed E-state index contributed by atoms with van der Waals surface area (Å²) in [5, 5.41) is 9.09. The van der Waals surface area contributed by atoms with Gasteiger partial charge in [0.25, 0.3) is 0 Å². The summed E-state index contributed by atoms with van der Waals surface area (Å²) < 4.78 is 4.89. The van der Waals surface area contributed by atoms with Gasteiger partial charge in [-0.05, 0) is 12.3 Å². The third-order valence-electron chi connectivity index (χ3n) is 2.93. The van der Waals surface area contributed by atoms with Gasteiger partial charge in [-0.25, -0.2) is 4.79 Å². The quantitative estimate of drug-likeness (QED) is 0.712. The second kappa shape index (κ2) is 6.86. The summed E-state index contributed by atoms with van der Waals surface area (Å²) in [4.78, 5) is 24.4. The molecular formula is C11H19NO4S. The van der Waals surface area contributed by atoms with E-state index in [0.29, 0.717) is 18.9 Å². The van der Waals surface area contributed by atoms with E-state index >= 15 is 0 Å². The number of likely N-dealkylation sites (tertiary alicyclic amines) is 1. The van der Waals surface area contributed by atoms with Gasteiger partial charge in [0.15, 0.2) is 0 Å². The van der Waals surface area contributed by atoms with E-state index in [-0.39, 0.29) is 11.8 Å². The average molecular weight is 261 g/mol. The maximum atomic E-state index is 11.9. The molecule has 0 aromatic carbocycles. The maximum Gasteiger partial charge on any atom is 0.326 e. The molecule has 1 amide bonds. The zero-order valence-corrected chi connectivity index (χ0v) is 11.0. The number of carbonyl (C=O) groups is 2. The zero-order chi connectivity index (χ0) is 12.8. The van der Waals surface area contributed by atoms with Gasteiger partial charge in [-0.3, -0.25) is 4.79 Å². The lowest BCUT2D eigenvalue weighted by atomic mass is 10.0. The predicted molar refractivity (Wildman–Crippen MR) is 66.1 cm³/mol. The molecule has 0 spiro atoms. The minimum absolute atomic E-state index is 0.0421. The van der Waals surface area contributed by atoms with Crippen molar-refractivity contribution < 1.29 is 19.4 Å². The van der Waals surface area contributed by atoms with Crippen LogP contribution in [0.15, 0.2) is 0 Å². The molecule has 98 valence electrons. The van der Waals surface area contributed by atoms with Gasteiger partial charge in [0, 0.05) is 19.4 Å². The van der Waals surface area contributed by atoms with Crippen LogP contribution in [0.3, 0.4) is 0 Å². The number of thioether (sulfide) groups is 1. The number of nitrogens with zero attached hydrogens (tertiary/aromatic N) is 1. The summed E-state index contributed by atoms with van der Waals surface area (Å²) >= 11 is 1.48. The first-order valence-electron chi connectivity index (χ1n) is 5.67. The lowest BCUT2D eigenvalue weighted by Crippen LogP contribution is -2.43. The molecule has 1 heterocycles. The third-order valence-corrected chi connectivity index (χ3v) is 3.84. The van der Waals surface area contributed by atoms with E-state index < -0.39 is 12.0 Å². The van der Waals surface area contributed by atoms with Gasteiger partial charge in [0.2, 0.25) is 5.91 Å². The number of carbonyl (C=O) groups excluding carboxylic acids is 1. The van der Waals surface area contributed by atoms with Crippen LogP contribution < -0.4 is 0 Å². The van der Waals surface area contributed by atoms with Crippen LogP contribution in [0.1, 0.15) is 13.3 Å². The molecular weight excluding hydrogens is 242 g/mol. The summed E-state index contributed by atoms with van der Waals surface area (Å²) in [5.74, 6) is 0.150. The molecule has 1 N–H and O–H groups in total. The largest absolute Gasteiger partial charge is 0.480 e. The van der Waals surface area contributed by atoms with Crippen LogP contribution in [0.2, 0.25) is 0 Å². The Balaban J connectivity index is 2.42. The maximum absolute atomic E-state index is 11.9. The number of carboxylic acids is 1. The van der Waals surface area contributed by atoms with Gasteiger partial charge in [0.1, 0.15) is 6.04 Å². The standard InChI is InChI=1S/C11H19NO4S/c1-8-3-4-12(10(8)11(14)15)9(13)7-17-6-5-16-2/h8,10H,3-7H2,1-2H3,(H,14,15). The number of methoxy groups -OCH3 is 1. The van der Waals surface area contributed by atoms with Crippen LogP contribution >= 0.6 is 11.8 Å². The zero-order valence-electron chi connectivity index (χ0n) is 10.2. The molecule has 0 aromatic heterocycles. The summed E-state index contributed by atoms with van der Waals surface area (Å²) in [7, 11) is 1.62. The van der Waals surface area contributed by atoms with E-state index in [1.54, 1.807) is 7.11 Å². The second-order valence-corrected chi connectivity index (χ2v) is 5.29. The molecule has 6 heteroatoms. The second-order valence-electron chi connectivity index (χ2n) is 4.18. The Bertz CT molecular complexity index is 285. The lowest BCUT2D eigenvalue weighted by Gasteiger charge is -2.23. The molecule has 1 saturated heterocycles. The fourth-order valence-corrected chi connectivity index (χ4v) is 2.76. The first kappa shape index (κ1) is 14.3. The van der Waals surface area contributed by atoms with E-state index in [4.69, 9.17) is 9.84 Å². The van der Waals surface area contributed by atoms with Crippen molar-refractivity contribution in [1.82, 2.24) is 4.90 Å². The van der Waals surface area contributed by atoms with Gasteiger partial charge < -0.3 is 14.7 Å². The SMILES string of the molecule is COCCSCC(=O)N1CCC(C)C1C(=O)O. The van der Waals surface area contributed by atoms with Crippen LogP contribution in [0.5, 0.6) is 0 Å². The molecule has 17 heavy (non-hydrogen) atoms. The highest BCUT2D eigenvalue weighted by molar-refractivity contribution is 7.99. The van der Waals surface area contributed by atoms with E-state index in [0.717, 1.165) is 12.2 Å². The monoisotopic (exact) mass is 261 g/mol. The number of hydrogen-bond acceptors (Lipinski definition) is 4. The van der Waals surface area contributed by atoms with Crippen molar-refractivity contribution in [3.8, 4) is 0 Å². The molecule has 0 aromatic rings. The van der Waals surface area contributed by atoms with Crippen molar-refractivity contribution >= 4 is 23.6 Å². The van der Waals surface area contributed by atoms with E-state index in [9.17, 15) is 9.59 Å². The van der Waals surface area contributed by atoms with Gasteiger partial charge >= 0.3 is 5.97 Å². The van der Waals surface area contributed by atoms with Crippen molar-refractivity contribution in [1.29, 1.82) is 0 Å². The highest BCUT2D eigenvalue weighted by Crippen LogP contribution is 2.24. The molecule has 5 nitrogen and oxygen atoms in total. The number of aliphatic carboxylic acids is 1. The van der Waals surface area contributed by atoms with Crippen LogP contribution in [0.25, 0.3) is 0 Å². The van der Waals surface area contributed by atoms with E-state index in [1.165, 1.54) is 16.7 Å². The number of ether oxygens (including phenoxy) is 1. The van der Waals surface area contributed by atoms with Gasteiger partial charge in [-0.15, -0.1) is 11.8 Å². The molecule has 1 rings (SSSR count). The Kier molecular flexibility index (Phi) is 5.77. The Morgan fingerprint density at radius 2 is 2.24 bits per heavy atom. The number of carboxylic acid groups (broad SMARTS) is 1. The third kappa shape index (κ3) is 3.89. The van der Waals surface area contributed by atoms with Gasteiger partial charge in [0.05, 0.1) is 12.4 Å². The number of rotatable bonds is 6. The average Bonchev–Trinajstić information content (AvgIpc) is 2.66. The Labute approximate surface area is 105 Å². The van der Waals surface area contributed by atoms with Crippen LogP contribution in [0, 0.1) is 5.92 Å². The fourth-order valence-electron chi connectivity index (χ4n) is 1.99. The molecule has 2 atom stereocenters. The first-order chi connectivity index (χ1) is 8.07. The van der Waals surface area contributed by atoms with Crippen LogP contribution in [-0.2, 0) is 14.3 Å². The fraction of sp³-hybridized carbons (Fsp3) is 0.818. The molecule has 0 saturated carbocycles. The minimum Gasteiger partial charge on any atom is -0.480 e. The summed E-state index contributed by atoms with van der Waals surface area (Å²) in [6, 6.07) is -0.648. The van der Waals surface area contributed by atoms with E-state index in [2.05, 4.69) is 0 Å². The molecule has 1 aliphatic heterocycles. The van der Waals surface area contributed by atoms with Gasteiger partial charge in [-0.2, -0.15) is 0 Å². The normalized spacial score (nSPS) is 24.0. The first-order valence-corrected chi connectivity index (χ1v) is 6.82. The number of hydrogen-bond donors (Lipinski definition) is 1. The highest BCUT2D eigenvalue weighted by Gasteiger charge is 2.39. The van der Waals surface area contributed by atoms with E-state index in [1.807, 2.05) is 6.92 Å². The highest BCUT2D eigenvalue weighted by atomic mass is 32.2. The Morgan fingerprint density at radius 1 is 1.53 bits per heavy atom. The van der Waals surface area contributed by atoms with Crippen molar-refractivity contribution in [2.75, 3.05) is 31.8 Å². The molecule has 0 aliphatic carbocycles. The summed E-state index contributed by atoms with van der Waals surface area (Å²) in [6.45, 7) is 3.04. The van der Waals surface area contributed by atoms with Crippen LogP contribution in [0.4, 0.5) is 0 Å². The Morgan fingerprint density at radius 3 is 2.82 bits per heavy atom. The van der Waals surface area contributed by atoms with Crippen molar-refractivity contribution in [3.05, 3.63) is 0 Å². The lowest BCUT2D eigenvalue weighted by molar-refractivity contribution is -0.148. The van der Waals surface area contributed by atoms with Crippen molar-refractivity contribution in [2.45, 2.75) is 19.4 Å². The topological polar surface area (TPSA) is 66.8 Å². The van der Waals surface area contributed by atoms with Gasteiger partial charge in [-0.1, -0.05) is 6.92 Å². The molecule has 1 fully saturated rings. The minimum atomic E-state index is -0.898. The Hall–Kier alpha value is -0.750. The summed E-state index contributed by atoms with van der Waals surface area (Å²) in [5.41, 5.74) is 0. The molecule has 0 bridgehead atoms. The molecule has 0 radical (unpaired) electrons. The van der Waals surface area contributed by atoms with Crippen LogP contribution in [-0.4, -0.2) is 59.7 Å². The molecule has 2 unspecified atom stereocenters. The van der Waals surface area contributed by atoms with Crippen molar-refractivity contribution in [2.24, 2.45) is 5.92 Å². The summed E-state index contributed by atoms with van der Waals surface area (Å²) in [6.07, 6.45) is 0.769. The number of amides is 1. The molecule has 1 aliphatic rings.